The first-order valence-electron chi connectivity index (χ1n) is 6.33. The number of halogens is 3. The van der Waals surface area contributed by atoms with E-state index in [0.29, 0.717) is 6.61 Å². The van der Waals surface area contributed by atoms with E-state index in [1.54, 1.807) is 6.92 Å². The predicted molar refractivity (Wildman–Crippen MR) is 67.3 cm³/mol. The number of alkyl halides is 3. The molecule has 0 aliphatic rings. The van der Waals surface area contributed by atoms with Gasteiger partial charge in [0.2, 0.25) is 11.5 Å². The minimum absolute atomic E-state index is 0.0706. The summed E-state index contributed by atoms with van der Waals surface area (Å²) in [6, 6.07) is 0. The lowest BCUT2D eigenvalue weighted by atomic mass is 9.97. The third kappa shape index (κ3) is 4.18. The van der Waals surface area contributed by atoms with Crippen LogP contribution in [0.2, 0.25) is 0 Å². The van der Waals surface area contributed by atoms with Gasteiger partial charge in [-0.3, -0.25) is 4.79 Å². The van der Waals surface area contributed by atoms with Gasteiger partial charge < -0.3 is 19.7 Å². The van der Waals surface area contributed by atoms with Crippen LogP contribution in [0.3, 0.4) is 0 Å². The van der Waals surface area contributed by atoms with Crippen molar-refractivity contribution < 1.29 is 27.8 Å². The van der Waals surface area contributed by atoms with Crippen molar-refractivity contribution in [2.24, 2.45) is 7.05 Å². The fraction of sp³-hybridized carbons (Fsp3) is 0.667. The van der Waals surface area contributed by atoms with E-state index in [9.17, 15) is 23.1 Å². The molecular formula is C12H18F3N3O3. The predicted octanol–water partition coefficient (Wildman–Crippen LogP) is 0.713. The Morgan fingerprint density at radius 1 is 1.52 bits per heavy atom. The van der Waals surface area contributed by atoms with E-state index in [1.807, 2.05) is 0 Å². The highest BCUT2D eigenvalue weighted by molar-refractivity contribution is 5.77. The van der Waals surface area contributed by atoms with E-state index in [2.05, 4.69) is 10.3 Å². The van der Waals surface area contributed by atoms with E-state index in [4.69, 9.17) is 4.74 Å². The third-order valence-corrected chi connectivity index (χ3v) is 2.85. The first kappa shape index (κ1) is 17.4. The molecule has 0 aliphatic carbocycles. The van der Waals surface area contributed by atoms with Crippen LogP contribution in [0.4, 0.5) is 13.2 Å². The Hall–Kier alpha value is -1.61. The highest BCUT2D eigenvalue weighted by Crippen LogP contribution is 2.40. The Bertz CT molecular complexity index is 476. The number of imidazole rings is 1. The first-order valence-corrected chi connectivity index (χ1v) is 6.33. The molecule has 2 N–H and O–H groups in total. The highest BCUT2D eigenvalue weighted by Gasteiger charge is 2.58. The summed E-state index contributed by atoms with van der Waals surface area (Å²) >= 11 is 0. The monoisotopic (exact) mass is 309 g/mol. The Kier molecular flexibility index (Phi) is 5.73. The van der Waals surface area contributed by atoms with Gasteiger partial charge >= 0.3 is 6.18 Å². The lowest BCUT2D eigenvalue weighted by Gasteiger charge is -2.29. The van der Waals surface area contributed by atoms with Crippen molar-refractivity contribution in [3.05, 3.63) is 18.2 Å². The molecule has 6 nitrogen and oxygen atoms in total. The van der Waals surface area contributed by atoms with Gasteiger partial charge in [-0.2, -0.15) is 13.2 Å². The molecule has 0 aliphatic heterocycles. The number of aliphatic hydroxyl groups is 1. The normalized spacial score (nSPS) is 14.8. The molecule has 9 heteroatoms. The molecule has 0 radical (unpaired) electrons. The maximum absolute atomic E-state index is 13.1. The van der Waals surface area contributed by atoms with Gasteiger partial charge in [0.25, 0.3) is 0 Å². The second-order valence-corrected chi connectivity index (χ2v) is 4.44. The van der Waals surface area contributed by atoms with Crippen LogP contribution in [0.15, 0.2) is 12.4 Å². The van der Waals surface area contributed by atoms with Crippen molar-refractivity contribution in [1.82, 2.24) is 14.9 Å². The zero-order chi connectivity index (χ0) is 16.1. The smallest absolute Gasteiger partial charge is 0.380 e. The average molecular weight is 309 g/mol. The number of aryl methyl sites for hydroxylation is 1. The largest absolute Gasteiger partial charge is 0.425 e. The first-order chi connectivity index (χ1) is 9.72. The molecule has 120 valence electrons. The number of hydrogen-bond acceptors (Lipinski definition) is 4. The van der Waals surface area contributed by atoms with Gasteiger partial charge in [0.15, 0.2) is 5.82 Å². The summed E-state index contributed by atoms with van der Waals surface area (Å²) in [5.74, 6) is -1.56. The number of ether oxygens (including phenoxy) is 1. The van der Waals surface area contributed by atoms with Crippen LogP contribution in [0.25, 0.3) is 0 Å². The summed E-state index contributed by atoms with van der Waals surface area (Å²) < 4.78 is 45.4. The number of rotatable bonds is 7. The fourth-order valence-electron chi connectivity index (χ4n) is 1.77. The number of carbonyl (C=O) groups is 1. The minimum Gasteiger partial charge on any atom is -0.380 e. The molecule has 0 saturated heterocycles. The molecule has 1 amide bonds. The number of carbonyl (C=O) groups excluding carboxylic acids is 1. The average Bonchev–Trinajstić information content (AvgIpc) is 2.80. The summed E-state index contributed by atoms with van der Waals surface area (Å²) in [6.07, 6.45) is -3.80. The van der Waals surface area contributed by atoms with Crippen LogP contribution in [0.1, 0.15) is 19.2 Å². The summed E-state index contributed by atoms with van der Waals surface area (Å²) in [4.78, 5) is 15.1. The number of aromatic nitrogens is 2. The Labute approximate surface area is 119 Å². The van der Waals surface area contributed by atoms with Gasteiger partial charge in [-0.1, -0.05) is 0 Å². The summed E-state index contributed by atoms with van der Waals surface area (Å²) in [5, 5.41) is 12.2. The minimum atomic E-state index is -5.02. The van der Waals surface area contributed by atoms with Crippen LogP contribution in [-0.2, 0) is 22.2 Å². The zero-order valence-electron chi connectivity index (χ0n) is 11.8. The highest BCUT2D eigenvalue weighted by atomic mass is 19.4. The van der Waals surface area contributed by atoms with Gasteiger partial charge in [0, 0.05) is 32.6 Å². The fourth-order valence-corrected chi connectivity index (χ4v) is 1.77. The molecular weight excluding hydrogens is 291 g/mol. The van der Waals surface area contributed by atoms with Gasteiger partial charge in [0.1, 0.15) is 0 Å². The van der Waals surface area contributed by atoms with Crippen LogP contribution in [0, 0.1) is 0 Å². The molecule has 0 saturated carbocycles. The summed E-state index contributed by atoms with van der Waals surface area (Å²) in [5.41, 5.74) is -3.33. The van der Waals surface area contributed by atoms with Crippen molar-refractivity contribution in [1.29, 1.82) is 0 Å². The molecule has 1 heterocycles. The lowest BCUT2D eigenvalue weighted by molar-refractivity contribution is -0.271. The molecule has 0 spiro atoms. The quantitative estimate of drug-likeness (QED) is 0.728. The molecule has 0 bridgehead atoms. The molecule has 1 aromatic heterocycles. The maximum Gasteiger partial charge on any atom is 0.425 e. The van der Waals surface area contributed by atoms with Crippen LogP contribution >= 0.6 is 0 Å². The second kappa shape index (κ2) is 6.90. The lowest BCUT2D eigenvalue weighted by Crippen LogP contribution is -2.48. The summed E-state index contributed by atoms with van der Waals surface area (Å²) in [7, 11) is 1.31. The van der Waals surface area contributed by atoms with Crippen molar-refractivity contribution in [3.8, 4) is 0 Å². The standard InChI is InChI=1S/C12H18F3N3O3/c1-3-21-7-5-16-9(19)8-11(20,12(13,14)15)10-17-4-6-18(10)2/h4,6,20H,3,5,7-8H2,1-2H3,(H,16,19). The topological polar surface area (TPSA) is 76.4 Å². The number of hydrogen-bond donors (Lipinski definition) is 2. The van der Waals surface area contributed by atoms with Gasteiger partial charge in [-0.15, -0.1) is 0 Å². The van der Waals surface area contributed by atoms with Crippen molar-refractivity contribution in [2.75, 3.05) is 19.8 Å². The molecule has 1 unspecified atom stereocenters. The number of nitrogens with zero attached hydrogens (tertiary/aromatic N) is 2. The van der Waals surface area contributed by atoms with Crippen LogP contribution in [-0.4, -0.2) is 46.5 Å². The molecule has 0 fully saturated rings. The van der Waals surface area contributed by atoms with E-state index in [0.717, 1.165) is 10.8 Å². The van der Waals surface area contributed by atoms with Crippen molar-refractivity contribution in [3.63, 3.8) is 0 Å². The second-order valence-electron chi connectivity index (χ2n) is 4.44. The van der Waals surface area contributed by atoms with Crippen molar-refractivity contribution in [2.45, 2.75) is 25.1 Å². The van der Waals surface area contributed by atoms with E-state index >= 15 is 0 Å². The van der Waals surface area contributed by atoms with Crippen molar-refractivity contribution >= 4 is 5.91 Å². The summed E-state index contributed by atoms with van der Waals surface area (Å²) in [6.45, 7) is 2.46. The van der Waals surface area contributed by atoms with Crippen LogP contribution in [0.5, 0.6) is 0 Å². The Balaban J connectivity index is 2.81. The third-order valence-electron chi connectivity index (χ3n) is 2.85. The molecule has 1 rings (SSSR count). The van der Waals surface area contributed by atoms with Crippen LogP contribution < -0.4 is 5.32 Å². The molecule has 21 heavy (non-hydrogen) atoms. The van der Waals surface area contributed by atoms with Gasteiger partial charge in [-0.05, 0) is 6.92 Å². The Morgan fingerprint density at radius 2 is 2.19 bits per heavy atom. The molecule has 0 aromatic carbocycles. The van der Waals surface area contributed by atoms with Gasteiger partial charge in [-0.25, -0.2) is 4.98 Å². The van der Waals surface area contributed by atoms with E-state index in [1.165, 1.54) is 13.2 Å². The van der Waals surface area contributed by atoms with E-state index in [-0.39, 0.29) is 13.2 Å². The SMILES string of the molecule is CCOCCNC(=O)CC(O)(c1nccn1C)C(F)(F)F. The maximum atomic E-state index is 13.1. The number of amides is 1. The number of nitrogens with one attached hydrogen (secondary N) is 1. The van der Waals surface area contributed by atoms with E-state index < -0.39 is 29.9 Å². The van der Waals surface area contributed by atoms with Gasteiger partial charge in [0.05, 0.1) is 13.0 Å². The Morgan fingerprint density at radius 3 is 2.67 bits per heavy atom. The molecule has 1 aromatic rings. The zero-order valence-corrected chi connectivity index (χ0v) is 11.8. The molecule has 1 atom stereocenters.